The number of allylic oxidation sites excluding steroid dienone is 1. The highest BCUT2D eigenvalue weighted by molar-refractivity contribution is 5.88. The monoisotopic (exact) mass is 479 g/mol. The van der Waals surface area contributed by atoms with Crippen molar-refractivity contribution in [2.24, 2.45) is 7.05 Å². The molecular weight excluding hydrogens is 450 g/mol. The predicted octanol–water partition coefficient (Wildman–Crippen LogP) is 4.55. The number of fused-ring (bicyclic) bond motifs is 2. The Hall–Kier alpha value is -3.74. The zero-order valence-corrected chi connectivity index (χ0v) is 20.4. The van der Waals surface area contributed by atoms with Crippen molar-refractivity contribution in [3.63, 3.8) is 0 Å². The standard InChI is InChI=1S/C30H29N3O3/c1-32-20-27(25-3-2-4-26(25)30(32)34)22-7-11-29-23(19-22)8-12-28(31-29)21-5-9-24(10-6-21)36-18-15-33-13-16-35-17-14-33/h2-3,5-12,19-20H,4,13-18H2,1H3. The minimum Gasteiger partial charge on any atom is -0.492 e. The summed E-state index contributed by atoms with van der Waals surface area (Å²) in [4.78, 5) is 19.7. The van der Waals surface area contributed by atoms with Gasteiger partial charge in [0.2, 0.25) is 0 Å². The zero-order chi connectivity index (χ0) is 24.5. The molecule has 0 amide bonds. The topological polar surface area (TPSA) is 56.6 Å². The molecule has 0 saturated carbocycles. The Kier molecular flexibility index (Phi) is 6.13. The molecule has 0 unspecified atom stereocenters. The third kappa shape index (κ3) is 4.45. The molecule has 6 heteroatoms. The van der Waals surface area contributed by atoms with Gasteiger partial charge in [-0.05, 0) is 60.0 Å². The molecule has 0 atom stereocenters. The molecule has 2 aromatic carbocycles. The van der Waals surface area contributed by atoms with E-state index in [4.69, 9.17) is 14.5 Å². The molecule has 0 N–H and O–H groups in total. The van der Waals surface area contributed by atoms with Gasteiger partial charge in [-0.25, -0.2) is 4.98 Å². The van der Waals surface area contributed by atoms with Crippen LogP contribution in [-0.2, 0) is 18.2 Å². The number of aromatic nitrogens is 2. The largest absolute Gasteiger partial charge is 0.492 e. The van der Waals surface area contributed by atoms with Crippen molar-refractivity contribution < 1.29 is 9.47 Å². The minimum absolute atomic E-state index is 0.0827. The molecule has 3 heterocycles. The first kappa shape index (κ1) is 22.7. The van der Waals surface area contributed by atoms with Gasteiger partial charge in [0.25, 0.3) is 5.56 Å². The Balaban J connectivity index is 1.19. The van der Waals surface area contributed by atoms with E-state index in [1.165, 1.54) is 0 Å². The van der Waals surface area contributed by atoms with Crippen LogP contribution in [0.2, 0.25) is 0 Å². The number of rotatable bonds is 6. The molecule has 6 rings (SSSR count). The van der Waals surface area contributed by atoms with E-state index in [2.05, 4.69) is 59.5 Å². The Bertz CT molecular complexity index is 1500. The molecule has 2 aliphatic rings. The SMILES string of the molecule is Cn1cc(-c2ccc3nc(-c4ccc(OCCN5CCOCC5)cc4)ccc3c2)c2c(c1=O)CC=C2. The molecule has 0 spiro atoms. The van der Waals surface area contributed by atoms with Crippen molar-refractivity contribution in [1.82, 2.24) is 14.5 Å². The molecule has 0 radical (unpaired) electrons. The second-order valence-electron chi connectivity index (χ2n) is 9.39. The van der Waals surface area contributed by atoms with Gasteiger partial charge in [-0.2, -0.15) is 0 Å². The summed E-state index contributed by atoms with van der Waals surface area (Å²) < 4.78 is 13.0. The number of hydrogen-bond donors (Lipinski definition) is 0. The van der Waals surface area contributed by atoms with Crippen LogP contribution >= 0.6 is 0 Å². The molecule has 2 aromatic heterocycles. The van der Waals surface area contributed by atoms with Crippen molar-refractivity contribution in [2.45, 2.75) is 6.42 Å². The van der Waals surface area contributed by atoms with Crippen molar-refractivity contribution in [1.29, 1.82) is 0 Å². The highest BCUT2D eigenvalue weighted by Gasteiger charge is 2.17. The van der Waals surface area contributed by atoms with Gasteiger partial charge in [-0.3, -0.25) is 9.69 Å². The van der Waals surface area contributed by atoms with Gasteiger partial charge in [0.1, 0.15) is 12.4 Å². The number of aryl methyl sites for hydroxylation is 1. The Morgan fingerprint density at radius 3 is 2.64 bits per heavy atom. The number of ether oxygens (including phenoxy) is 2. The number of benzene rings is 2. The second kappa shape index (κ2) is 9.72. The highest BCUT2D eigenvalue weighted by Crippen LogP contribution is 2.32. The third-order valence-electron chi connectivity index (χ3n) is 7.05. The minimum atomic E-state index is 0.0827. The maximum atomic E-state index is 12.5. The normalized spacial score (nSPS) is 15.4. The molecule has 0 bridgehead atoms. The highest BCUT2D eigenvalue weighted by atomic mass is 16.5. The van der Waals surface area contributed by atoms with Crippen LogP contribution in [0.1, 0.15) is 11.1 Å². The van der Waals surface area contributed by atoms with E-state index >= 15 is 0 Å². The summed E-state index contributed by atoms with van der Waals surface area (Å²) in [6.45, 7) is 5.15. The van der Waals surface area contributed by atoms with E-state index in [1.54, 1.807) is 4.57 Å². The van der Waals surface area contributed by atoms with Crippen LogP contribution in [0.3, 0.4) is 0 Å². The van der Waals surface area contributed by atoms with Crippen LogP contribution in [-0.4, -0.2) is 53.9 Å². The number of nitrogens with zero attached hydrogens (tertiary/aromatic N) is 3. The molecule has 4 aromatic rings. The van der Waals surface area contributed by atoms with Crippen molar-refractivity contribution in [2.75, 3.05) is 39.5 Å². The molecule has 1 aliphatic carbocycles. The van der Waals surface area contributed by atoms with Gasteiger partial charge in [-0.1, -0.05) is 24.3 Å². The summed E-state index contributed by atoms with van der Waals surface area (Å²) in [5.41, 5.74) is 7.10. The van der Waals surface area contributed by atoms with Gasteiger partial charge < -0.3 is 14.0 Å². The summed E-state index contributed by atoms with van der Waals surface area (Å²) >= 11 is 0. The van der Waals surface area contributed by atoms with Crippen LogP contribution in [0.5, 0.6) is 5.75 Å². The number of hydrogen-bond acceptors (Lipinski definition) is 5. The van der Waals surface area contributed by atoms with Gasteiger partial charge in [-0.15, -0.1) is 0 Å². The average Bonchev–Trinajstić information content (AvgIpc) is 3.42. The lowest BCUT2D eigenvalue weighted by Gasteiger charge is -2.26. The van der Waals surface area contributed by atoms with Crippen LogP contribution in [0.4, 0.5) is 0 Å². The van der Waals surface area contributed by atoms with Crippen LogP contribution in [0.15, 0.2) is 71.7 Å². The van der Waals surface area contributed by atoms with E-state index in [0.29, 0.717) is 13.0 Å². The first-order chi connectivity index (χ1) is 17.7. The van der Waals surface area contributed by atoms with E-state index in [-0.39, 0.29) is 5.56 Å². The molecule has 36 heavy (non-hydrogen) atoms. The van der Waals surface area contributed by atoms with Gasteiger partial charge >= 0.3 is 0 Å². The maximum Gasteiger partial charge on any atom is 0.254 e. The molecular formula is C30H29N3O3. The zero-order valence-electron chi connectivity index (χ0n) is 20.4. The fourth-order valence-electron chi connectivity index (χ4n) is 5.02. The maximum absolute atomic E-state index is 12.5. The summed E-state index contributed by atoms with van der Waals surface area (Å²) in [5.74, 6) is 0.872. The third-order valence-corrected chi connectivity index (χ3v) is 7.05. The molecule has 1 fully saturated rings. The van der Waals surface area contributed by atoms with Crippen molar-refractivity contribution >= 4 is 17.0 Å². The quantitative estimate of drug-likeness (QED) is 0.406. The van der Waals surface area contributed by atoms with Crippen molar-refractivity contribution in [3.8, 4) is 28.1 Å². The molecule has 1 saturated heterocycles. The van der Waals surface area contributed by atoms with Gasteiger partial charge in [0, 0.05) is 55.0 Å². The summed E-state index contributed by atoms with van der Waals surface area (Å²) in [7, 11) is 1.82. The number of pyridine rings is 2. The van der Waals surface area contributed by atoms with Gasteiger partial charge in [0.15, 0.2) is 0 Å². The fourth-order valence-corrected chi connectivity index (χ4v) is 5.02. The summed E-state index contributed by atoms with van der Waals surface area (Å²) in [6, 6.07) is 18.6. The Morgan fingerprint density at radius 1 is 1.00 bits per heavy atom. The fraction of sp³-hybridized carbons (Fsp3) is 0.267. The lowest BCUT2D eigenvalue weighted by molar-refractivity contribution is 0.0322. The second-order valence-corrected chi connectivity index (χ2v) is 9.39. The predicted molar refractivity (Wildman–Crippen MR) is 143 cm³/mol. The van der Waals surface area contributed by atoms with Crippen molar-refractivity contribution in [3.05, 3.63) is 88.4 Å². The molecule has 6 nitrogen and oxygen atoms in total. The summed E-state index contributed by atoms with van der Waals surface area (Å²) in [6.07, 6.45) is 6.76. The van der Waals surface area contributed by atoms with E-state index in [0.717, 1.165) is 83.0 Å². The first-order valence-electron chi connectivity index (χ1n) is 12.5. The van der Waals surface area contributed by atoms with E-state index < -0.39 is 0 Å². The van der Waals surface area contributed by atoms with E-state index in [9.17, 15) is 4.79 Å². The summed E-state index contributed by atoms with van der Waals surface area (Å²) in [5, 5.41) is 1.07. The van der Waals surface area contributed by atoms with Crippen LogP contribution in [0.25, 0.3) is 39.4 Å². The Morgan fingerprint density at radius 2 is 1.81 bits per heavy atom. The molecule has 182 valence electrons. The first-order valence-corrected chi connectivity index (χ1v) is 12.5. The van der Waals surface area contributed by atoms with Crippen LogP contribution < -0.4 is 10.3 Å². The smallest absolute Gasteiger partial charge is 0.254 e. The number of morpholine rings is 1. The average molecular weight is 480 g/mol. The van der Waals surface area contributed by atoms with Crippen LogP contribution in [0, 0.1) is 0 Å². The van der Waals surface area contributed by atoms with E-state index in [1.807, 2.05) is 25.4 Å². The lowest BCUT2D eigenvalue weighted by Crippen LogP contribution is -2.38. The van der Waals surface area contributed by atoms with Gasteiger partial charge in [0.05, 0.1) is 24.4 Å². The Labute approximate surface area is 210 Å². The lowest BCUT2D eigenvalue weighted by atomic mass is 9.98. The molecule has 1 aliphatic heterocycles.